The molecule has 18 unspecified atom stereocenters. The summed E-state index contributed by atoms with van der Waals surface area (Å²) >= 11 is 0. The van der Waals surface area contributed by atoms with Crippen LogP contribution in [0.15, 0.2) is 12.2 Å². The number of hydrogen-bond acceptors (Lipinski definition) is 20. The van der Waals surface area contributed by atoms with Crippen molar-refractivity contribution in [2.45, 2.75) is 224 Å². The molecule has 5 saturated carbocycles. The first kappa shape index (κ1) is 52.4. The fourth-order valence-electron chi connectivity index (χ4n) is 14.2. The van der Waals surface area contributed by atoms with Gasteiger partial charge in [-0.05, 0) is 107 Å². The average Bonchev–Trinajstić information content (AvgIpc) is 3.32. The number of aliphatic hydroxyl groups excluding tert-OH is 11. The molecular formula is C49H78O20. The van der Waals surface area contributed by atoms with Crippen LogP contribution in [0.4, 0.5) is 0 Å². The second kappa shape index (κ2) is 22.1. The van der Waals surface area contributed by atoms with E-state index in [9.17, 15) is 61.0 Å². The van der Waals surface area contributed by atoms with Crippen molar-refractivity contribution in [3.8, 4) is 0 Å². The van der Waals surface area contributed by atoms with Gasteiger partial charge in [0.1, 0.15) is 37.1 Å². The van der Waals surface area contributed by atoms with Crippen LogP contribution in [0, 0.1) is 41.4 Å². The molecule has 9 rings (SSSR count). The Hall–Kier alpha value is -1.51. The zero-order valence-corrected chi connectivity index (χ0v) is 39.6. The minimum Gasteiger partial charge on any atom is -0.460 e. The quantitative estimate of drug-likeness (QED) is 0.0816. The van der Waals surface area contributed by atoms with Gasteiger partial charge in [0.25, 0.3) is 0 Å². The molecule has 4 heterocycles. The molecule has 9 aliphatic rings. The van der Waals surface area contributed by atoms with Crippen LogP contribution in [-0.2, 0) is 42.7 Å². The Labute approximate surface area is 402 Å². The van der Waals surface area contributed by atoms with Crippen LogP contribution in [0.5, 0.6) is 0 Å². The monoisotopic (exact) mass is 987 g/mol. The third-order valence-corrected chi connectivity index (χ3v) is 17.9. The molecule has 20 heteroatoms. The Kier molecular flexibility index (Phi) is 16.8. The van der Waals surface area contributed by atoms with E-state index in [2.05, 4.69) is 0 Å². The van der Waals surface area contributed by atoms with Crippen molar-refractivity contribution in [2.24, 2.45) is 41.4 Å². The number of fused-ring (bicyclic) bond motifs is 1. The summed E-state index contributed by atoms with van der Waals surface area (Å²) in [5.74, 6) is -3.47. The molecular weight excluding hydrogens is 909 g/mol. The van der Waals surface area contributed by atoms with Gasteiger partial charge >= 0.3 is 5.97 Å². The van der Waals surface area contributed by atoms with Gasteiger partial charge in [-0.3, -0.25) is 0 Å². The van der Waals surface area contributed by atoms with Gasteiger partial charge in [-0.1, -0.05) is 6.08 Å². The third kappa shape index (κ3) is 10.9. The molecule has 0 aromatic carbocycles. The second-order valence-corrected chi connectivity index (χ2v) is 22.1. The van der Waals surface area contributed by atoms with Gasteiger partial charge in [-0.15, -0.1) is 0 Å². The van der Waals surface area contributed by atoms with Gasteiger partial charge in [-0.2, -0.15) is 0 Å². The number of methoxy groups -OCH3 is 2. The average molecular weight is 987 g/mol. The summed E-state index contributed by atoms with van der Waals surface area (Å²) in [6, 6.07) is 0. The standard InChI is InChI=1S/C49H78O20/c1-62-35-12-22(13-36(63-2)41(35)58)46-48(69-49-44(61)43(60)42(59)37(67-49)19-64-38(57)10-5-20-3-7-23(50)8-4-20)26-17-34(65-32-14-24(51)15-33(66-46)39(26)32)40-30(55)18-28(53)25-16-31(56)45(68-47(25)40)21-6-9-27(52)29(54)11-21/h5,10,20-37,39-56,58-61H,3-4,6-9,11-19H2,1-2H3/t20?,21?,22?,23?,24?,25?,26?,27?,28?,29?,30?,31-,32?,33?,34?,35?,36?,37+,39?,40?,41?,42+,43-,44+,45+,46?,47?,48?,49-/m0/s1. The molecule has 9 fully saturated rings. The normalized spacial score (nSPS) is 53.8. The van der Waals surface area contributed by atoms with Gasteiger partial charge in [0, 0.05) is 44.5 Å². The largest absolute Gasteiger partial charge is 0.460 e. The molecule has 0 radical (unpaired) electrons. The van der Waals surface area contributed by atoms with Crippen molar-refractivity contribution in [1.82, 2.24) is 0 Å². The molecule has 20 nitrogen and oxygen atoms in total. The maximum absolute atomic E-state index is 12.9. The summed E-state index contributed by atoms with van der Waals surface area (Å²) < 4.78 is 51.0. The summed E-state index contributed by atoms with van der Waals surface area (Å²) in [5, 5.41) is 122. The summed E-state index contributed by atoms with van der Waals surface area (Å²) in [6.07, 6.45) is -13.4. The minimum absolute atomic E-state index is 0.00749. The number of carbonyl (C=O) groups excluding carboxylic acids is 1. The Morgan fingerprint density at radius 2 is 1.20 bits per heavy atom. The fraction of sp³-hybridized carbons (Fsp3) is 0.939. The molecule has 0 amide bonds. The highest BCUT2D eigenvalue weighted by atomic mass is 16.7. The van der Waals surface area contributed by atoms with Crippen LogP contribution in [0.1, 0.15) is 89.9 Å². The van der Waals surface area contributed by atoms with Gasteiger partial charge in [-0.25, -0.2) is 4.79 Å². The Bertz CT molecular complexity index is 1700. The van der Waals surface area contributed by atoms with Crippen LogP contribution >= 0.6 is 0 Å². The predicted octanol–water partition coefficient (Wildman–Crippen LogP) is -1.66. The first-order valence-electron chi connectivity index (χ1n) is 25.7. The van der Waals surface area contributed by atoms with Gasteiger partial charge in [0.05, 0.1) is 97.7 Å². The Morgan fingerprint density at radius 3 is 1.88 bits per heavy atom. The van der Waals surface area contributed by atoms with Crippen LogP contribution in [0.3, 0.4) is 0 Å². The lowest BCUT2D eigenvalue weighted by molar-refractivity contribution is -0.355. The van der Waals surface area contributed by atoms with E-state index in [1.807, 2.05) is 0 Å². The number of rotatable bonds is 11. The zero-order chi connectivity index (χ0) is 49.0. The summed E-state index contributed by atoms with van der Waals surface area (Å²) in [5.41, 5.74) is 0. The molecule has 4 saturated heterocycles. The molecule has 0 aromatic heterocycles. The molecule has 0 aromatic rings. The first-order chi connectivity index (χ1) is 33.0. The van der Waals surface area contributed by atoms with Crippen LogP contribution in [-0.4, -0.2) is 217 Å². The van der Waals surface area contributed by atoms with Crippen LogP contribution < -0.4 is 0 Å². The molecule has 25 atom stereocenters. The summed E-state index contributed by atoms with van der Waals surface area (Å²) in [7, 11) is 3.00. The Balaban J connectivity index is 1.01. The van der Waals surface area contributed by atoms with Gasteiger partial charge < -0.3 is 94.1 Å². The number of allylic oxidation sites excluding steroid dienone is 1. The summed E-state index contributed by atoms with van der Waals surface area (Å²) in [4.78, 5) is 12.9. The van der Waals surface area contributed by atoms with E-state index in [0.717, 1.165) is 12.8 Å². The van der Waals surface area contributed by atoms with E-state index in [4.69, 9.17) is 37.9 Å². The third-order valence-electron chi connectivity index (χ3n) is 17.9. The fourth-order valence-corrected chi connectivity index (χ4v) is 14.2. The molecule has 0 bridgehead atoms. The van der Waals surface area contributed by atoms with Crippen molar-refractivity contribution < 1.29 is 98.9 Å². The zero-order valence-electron chi connectivity index (χ0n) is 39.6. The van der Waals surface area contributed by atoms with Crippen molar-refractivity contribution in [3.63, 3.8) is 0 Å². The van der Waals surface area contributed by atoms with Gasteiger partial charge in [0.2, 0.25) is 0 Å². The number of ether oxygens (including phenoxy) is 8. The first-order valence-corrected chi connectivity index (χ1v) is 25.7. The maximum atomic E-state index is 12.9. The maximum Gasteiger partial charge on any atom is 0.330 e. The van der Waals surface area contributed by atoms with Crippen molar-refractivity contribution in [1.29, 1.82) is 0 Å². The SMILES string of the molecule is COC1CC(C2OC3CC(O)CC4OC(C5C(O)CC(O)C6C[C@H](O)[C@@H](C7CCC(O)C(O)C7)OC65)CC(C2O[C@@H]2O[C@H](COC(=O)C=CC5CCC(O)CC5)[C@@H](O)[C@H](O)[C@H]2O)C43)CC(OC)C1O. The highest BCUT2D eigenvalue weighted by Crippen LogP contribution is 2.54. The van der Waals surface area contributed by atoms with E-state index in [-0.39, 0.29) is 62.4 Å². The molecule has 69 heavy (non-hydrogen) atoms. The number of hydrogen-bond donors (Lipinski definition) is 11. The van der Waals surface area contributed by atoms with E-state index >= 15 is 0 Å². The van der Waals surface area contributed by atoms with Crippen LogP contribution in [0.2, 0.25) is 0 Å². The lowest BCUT2D eigenvalue weighted by Crippen LogP contribution is -2.68. The molecule has 4 aliphatic heterocycles. The van der Waals surface area contributed by atoms with Gasteiger partial charge in [0.15, 0.2) is 6.29 Å². The molecule has 5 aliphatic carbocycles. The molecule has 11 N–H and O–H groups in total. The van der Waals surface area contributed by atoms with Crippen LogP contribution in [0.25, 0.3) is 0 Å². The van der Waals surface area contributed by atoms with E-state index in [0.29, 0.717) is 38.5 Å². The predicted molar refractivity (Wildman–Crippen MR) is 236 cm³/mol. The molecule has 394 valence electrons. The van der Waals surface area contributed by atoms with E-state index in [1.165, 1.54) is 20.3 Å². The number of aliphatic hydroxyl groups is 11. The summed E-state index contributed by atoms with van der Waals surface area (Å²) in [6.45, 7) is -0.485. The highest BCUT2D eigenvalue weighted by Gasteiger charge is 2.62. The highest BCUT2D eigenvalue weighted by molar-refractivity contribution is 5.81. The second-order valence-electron chi connectivity index (χ2n) is 22.1. The van der Waals surface area contributed by atoms with Crippen molar-refractivity contribution in [3.05, 3.63) is 12.2 Å². The number of esters is 1. The molecule has 0 spiro atoms. The van der Waals surface area contributed by atoms with Crippen molar-refractivity contribution >= 4 is 5.97 Å². The topological polar surface area (TPSA) is 313 Å². The van der Waals surface area contributed by atoms with E-state index < -0.39 is 165 Å². The van der Waals surface area contributed by atoms with Crippen molar-refractivity contribution in [2.75, 3.05) is 20.8 Å². The van der Waals surface area contributed by atoms with E-state index in [1.54, 1.807) is 6.08 Å². The number of carbonyl (C=O) groups is 1. The minimum atomic E-state index is -1.78. The lowest BCUT2D eigenvalue weighted by Gasteiger charge is -2.60. The lowest BCUT2D eigenvalue weighted by atomic mass is 9.61. The Morgan fingerprint density at radius 1 is 0.522 bits per heavy atom. The smallest absolute Gasteiger partial charge is 0.330 e.